The molecular formula is C56H52P3Ru. The zero-order valence-electron chi connectivity index (χ0n) is 33.9. The molecule has 0 saturated carbocycles. The van der Waals surface area contributed by atoms with Crippen molar-refractivity contribution in [1.29, 1.82) is 0 Å². The van der Waals surface area contributed by atoms with Gasteiger partial charge in [-0.05, 0) is 0 Å². The average molecular weight is 919 g/mol. The van der Waals surface area contributed by atoms with Gasteiger partial charge in [0.25, 0.3) is 0 Å². The fourth-order valence-corrected chi connectivity index (χ4v) is 122. The second-order valence-electron chi connectivity index (χ2n) is 15.0. The number of rotatable bonds is 12. The first kappa shape index (κ1) is 40.2. The van der Waals surface area contributed by atoms with Gasteiger partial charge < -0.3 is 0 Å². The predicted octanol–water partition coefficient (Wildman–Crippen LogP) is 9.89. The third kappa shape index (κ3) is 6.22. The van der Waals surface area contributed by atoms with Gasteiger partial charge in [-0.2, -0.15) is 0 Å². The van der Waals surface area contributed by atoms with Crippen LogP contribution in [0.1, 0.15) is 6.92 Å². The van der Waals surface area contributed by atoms with Crippen molar-refractivity contribution >= 4 is 69.1 Å². The van der Waals surface area contributed by atoms with Gasteiger partial charge >= 0.3 is 362 Å². The summed E-state index contributed by atoms with van der Waals surface area (Å²) < 4.78 is 2.98. The van der Waals surface area contributed by atoms with E-state index in [1.807, 2.05) is 0 Å². The van der Waals surface area contributed by atoms with E-state index in [9.17, 15) is 0 Å². The van der Waals surface area contributed by atoms with Crippen molar-refractivity contribution in [2.45, 2.75) is 6.92 Å². The Morgan fingerprint density at radius 3 is 0.433 bits per heavy atom. The zero-order valence-corrected chi connectivity index (χ0v) is 38.6. The van der Waals surface area contributed by atoms with Gasteiger partial charge in [0.05, 0.1) is 0 Å². The Labute approximate surface area is 359 Å². The normalized spacial score (nSPS) is 14.2. The summed E-state index contributed by atoms with van der Waals surface area (Å²) in [6.45, 7) is 2.52. The molecule has 9 aromatic rings. The molecule has 60 heavy (non-hydrogen) atoms. The van der Waals surface area contributed by atoms with Gasteiger partial charge in [0.15, 0.2) is 0 Å². The quantitative estimate of drug-likeness (QED) is 0.0847. The molecule has 0 aromatic heterocycles. The molecule has 0 spiro atoms. The second kappa shape index (κ2) is 17.8. The van der Waals surface area contributed by atoms with Crippen molar-refractivity contribution in [2.75, 3.05) is 0 Å². The Morgan fingerprint density at radius 1 is 0.217 bits per heavy atom. The van der Waals surface area contributed by atoms with Crippen molar-refractivity contribution in [2.24, 2.45) is 0 Å². The van der Waals surface area contributed by atoms with E-state index in [1.54, 1.807) is 0 Å². The molecule has 4 heteroatoms. The van der Waals surface area contributed by atoms with Crippen LogP contribution in [-0.2, 0) is 12.9 Å². The topological polar surface area (TPSA) is 0 Å². The minimum absolute atomic E-state index is 1.48. The van der Waals surface area contributed by atoms with Crippen molar-refractivity contribution in [3.63, 3.8) is 0 Å². The van der Waals surface area contributed by atoms with E-state index < -0.39 is 29.7 Å². The van der Waals surface area contributed by atoms with E-state index in [1.165, 1.54) is 47.7 Å². The first-order valence-corrected chi connectivity index (χ1v) is 35.1. The van der Waals surface area contributed by atoms with Gasteiger partial charge in [0, 0.05) is 0 Å². The molecule has 0 bridgehead atoms. The first-order chi connectivity index (χ1) is 29.8. The van der Waals surface area contributed by atoms with E-state index in [4.69, 9.17) is 0 Å². The molecule has 0 heterocycles. The van der Waals surface area contributed by atoms with Crippen LogP contribution >= 0.6 is 16.8 Å². The fraction of sp³-hybridized carbons (Fsp3) is 0.0179. The maximum atomic E-state index is 2.98. The maximum absolute atomic E-state index is 4.13. The molecule has 0 radical (unpaired) electrons. The molecule has 9 rings (SSSR count). The van der Waals surface area contributed by atoms with E-state index >= 15 is 0 Å². The number of hydrogen-bond donors (Lipinski definition) is 0. The van der Waals surface area contributed by atoms with Crippen LogP contribution in [0.5, 0.6) is 0 Å². The molecule has 0 aliphatic rings. The monoisotopic (exact) mass is 919 g/mol. The molecule has 0 fully saturated rings. The predicted molar refractivity (Wildman–Crippen MR) is 271 cm³/mol. The second-order valence-corrected chi connectivity index (χ2v) is 55.7. The summed E-state index contributed by atoms with van der Waals surface area (Å²) in [5.41, 5.74) is -10.00. The zero-order chi connectivity index (χ0) is 40.7. The summed E-state index contributed by atoms with van der Waals surface area (Å²) in [4.78, 5) is 0. The third-order valence-corrected chi connectivity index (χ3v) is 90.0. The van der Waals surface area contributed by atoms with Crippen LogP contribution < -0.4 is 47.7 Å². The average Bonchev–Trinajstić information content (AvgIpc) is 3.35. The Hall–Kier alpha value is -5.24. The summed E-state index contributed by atoms with van der Waals surface area (Å²) in [5, 5.41) is 13.3. The molecule has 0 aliphatic carbocycles. The van der Waals surface area contributed by atoms with Crippen LogP contribution in [0.4, 0.5) is 0 Å². The van der Waals surface area contributed by atoms with Gasteiger partial charge in [-0.25, -0.2) is 0 Å². The van der Waals surface area contributed by atoms with Gasteiger partial charge in [-0.1, -0.05) is 0 Å². The number of benzene rings is 9. The molecule has 0 N–H and O–H groups in total. The summed E-state index contributed by atoms with van der Waals surface area (Å²) in [7, 11) is 0. The van der Waals surface area contributed by atoms with E-state index in [2.05, 4.69) is 285 Å². The Bertz CT molecular complexity index is 2190. The molecule has 0 saturated heterocycles. The minimum atomic E-state index is -4.13. The van der Waals surface area contributed by atoms with Crippen LogP contribution in [0.2, 0.25) is 0 Å². The summed E-state index contributed by atoms with van der Waals surface area (Å²) in [5.74, 6) is 0. The van der Waals surface area contributed by atoms with Gasteiger partial charge in [-0.15, -0.1) is 0 Å². The van der Waals surface area contributed by atoms with Gasteiger partial charge in [0.2, 0.25) is 0 Å². The van der Waals surface area contributed by atoms with Gasteiger partial charge in [0.1, 0.15) is 0 Å². The fourth-order valence-electron chi connectivity index (χ4n) is 9.98. The Balaban J connectivity index is 1.75. The Kier molecular flexibility index (Phi) is 11.9. The van der Waals surface area contributed by atoms with Crippen molar-refractivity contribution < 1.29 is 12.9 Å². The van der Waals surface area contributed by atoms with Crippen LogP contribution in [0.3, 0.4) is 0 Å². The van der Waals surface area contributed by atoms with Crippen LogP contribution in [0.25, 0.3) is 0 Å². The molecular weight excluding hydrogens is 867 g/mol. The molecule has 0 nitrogen and oxygen atoms in total. The molecule has 299 valence electrons. The van der Waals surface area contributed by atoms with E-state index in [0.717, 1.165) is 0 Å². The summed E-state index contributed by atoms with van der Waals surface area (Å²) in [6, 6.07) is 107. The van der Waals surface area contributed by atoms with Gasteiger partial charge in [-0.3, -0.25) is 0 Å². The first-order valence-electron chi connectivity index (χ1n) is 20.8. The molecule has 9 aromatic carbocycles. The summed E-state index contributed by atoms with van der Waals surface area (Å²) >= 11 is -4.13. The van der Waals surface area contributed by atoms with Crippen molar-refractivity contribution in [3.8, 4) is 0 Å². The SMILES string of the molecule is C[CH]=[Ru]([PH](c1ccccc1)(c1ccccc1)c1ccccc1)([PH](c1ccccc1)(c1ccccc1)c1ccccc1)[PH](c1ccccc1)(c1ccccc1)c1ccccc1. The summed E-state index contributed by atoms with van der Waals surface area (Å²) in [6.07, 6.45) is 0. The number of hydrogen-bond acceptors (Lipinski definition) is 0. The van der Waals surface area contributed by atoms with Crippen molar-refractivity contribution in [1.82, 2.24) is 0 Å². The molecule has 0 aliphatic heterocycles. The van der Waals surface area contributed by atoms with Crippen LogP contribution in [-0.4, -0.2) is 4.61 Å². The molecule has 0 unspecified atom stereocenters. The van der Waals surface area contributed by atoms with E-state index in [-0.39, 0.29) is 0 Å². The van der Waals surface area contributed by atoms with Crippen molar-refractivity contribution in [3.05, 3.63) is 273 Å². The van der Waals surface area contributed by atoms with Crippen LogP contribution in [0, 0.1) is 0 Å². The third-order valence-electron chi connectivity index (χ3n) is 12.0. The molecule has 0 amide bonds. The van der Waals surface area contributed by atoms with E-state index in [0.29, 0.717) is 0 Å². The molecule has 0 atom stereocenters. The van der Waals surface area contributed by atoms with Crippen LogP contribution in [0.15, 0.2) is 273 Å². The Morgan fingerprint density at radius 2 is 0.333 bits per heavy atom. The standard InChI is InChI=1S/3C18H15P.C2H4.Ru/c3*1-4-10-16(11-5-1)19(17-12-6-2-7-13-17)18-14-8-3-9-15-18;1-2;/h3*1-15H;1H,2H3;/q;;;;-3/p+3.